The molecule has 98 valence electrons. The van der Waals surface area contributed by atoms with Gasteiger partial charge in [0.1, 0.15) is 0 Å². The monoisotopic (exact) mass is 310 g/mol. The van der Waals surface area contributed by atoms with E-state index in [-0.39, 0.29) is 5.91 Å². The summed E-state index contributed by atoms with van der Waals surface area (Å²) in [4.78, 5) is 11.9. The lowest BCUT2D eigenvalue weighted by atomic mass is 10.1. The number of benzene rings is 1. The second-order valence-electron chi connectivity index (χ2n) is 4.80. The van der Waals surface area contributed by atoms with Crippen molar-refractivity contribution in [2.75, 3.05) is 13.1 Å². The van der Waals surface area contributed by atoms with E-state index in [4.69, 9.17) is 0 Å². The fourth-order valence-electron chi connectivity index (χ4n) is 1.72. The van der Waals surface area contributed by atoms with Crippen molar-refractivity contribution in [2.45, 2.75) is 32.2 Å². The number of nitrogens with one attached hydrogen (secondary N) is 2. The summed E-state index contributed by atoms with van der Waals surface area (Å²) in [5, 5.41) is 6.37. The molecule has 1 aliphatic rings. The van der Waals surface area contributed by atoms with E-state index in [1.807, 2.05) is 25.1 Å². The minimum Gasteiger partial charge on any atom is -0.352 e. The van der Waals surface area contributed by atoms with Crippen LogP contribution in [0.5, 0.6) is 0 Å². The molecule has 0 aromatic heterocycles. The van der Waals surface area contributed by atoms with Gasteiger partial charge in [0, 0.05) is 22.6 Å². The molecule has 1 aliphatic carbocycles. The highest BCUT2D eigenvalue weighted by Crippen LogP contribution is 2.18. The molecule has 2 rings (SSSR count). The van der Waals surface area contributed by atoms with Gasteiger partial charge < -0.3 is 10.6 Å². The van der Waals surface area contributed by atoms with Crippen molar-refractivity contribution in [2.24, 2.45) is 0 Å². The van der Waals surface area contributed by atoms with Gasteiger partial charge in [-0.1, -0.05) is 22.0 Å². The first kappa shape index (κ1) is 13.6. The van der Waals surface area contributed by atoms with Gasteiger partial charge in [0.25, 0.3) is 5.91 Å². The summed E-state index contributed by atoms with van der Waals surface area (Å²) in [5.41, 5.74) is 1.85. The van der Waals surface area contributed by atoms with Crippen LogP contribution in [0, 0.1) is 6.92 Å². The number of halogens is 1. The van der Waals surface area contributed by atoms with E-state index in [9.17, 15) is 4.79 Å². The van der Waals surface area contributed by atoms with E-state index in [0.29, 0.717) is 5.56 Å². The van der Waals surface area contributed by atoms with Crippen LogP contribution < -0.4 is 10.6 Å². The van der Waals surface area contributed by atoms with Crippen molar-refractivity contribution >= 4 is 21.8 Å². The van der Waals surface area contributed by atoms with Gasteiger partial charge in [-0.25, -0.2) is 0 Å². The largest absolute Gasteiger partial charge is 0.352 e. The zero-order valence-electron chi connectivity index (χ0n) is 10.6. The van der Waals surface area contributed by atoms with Crippen LogP contribution >= 0.6 is 15.9 Å². The molecule has 4 heteroatoms. The molecule has 1 saturated carbocycles. The quantitative estimate of drug-likeness (QED) is 0.793. The highest BCUT2D eigenvalue weighted by molar-refractivity contribution is 9.10. The Morgan fingerprint density at radius 1 is 1.39 bits per heavy atom. The zero-order chi connectivity index (χ0) is 13.0. The van der Waals surface area contributed by atoms with Crippen LogP contribution in [0.4, 0.5) is 0 Å². The highest BCUT2D eigenvalue weighted by Gasteiger charge is 2.19. The van der Waals surface area contributed by atoms with Crippen molar-refractivity contribution in [3.63, 3.8) is 0 Å². The number of carbonyl (C=O) groups is 1. The summed E-state index contributed by atoms with van der Waals surface area (Å²) in [6.45, 7) is 3.72. The first-order valence-electron chi connectivity index (χ1n) is 6.44. The van der Waals surface area contributed by atoms with Crippen LogP contribution in [0.2, 0.25) is 0 Å². The first-order valence-corrected chi connectivity index (χ1v) is 7.24. The molecule has 0 unspecified atom stereocenters. The number of amides is 1. The Morgan fingerprint density at radius 3 is 2.83 bits per heavy atom. The van der Waals surface area contributed by atoms with E-state index >= 15 is 0 Å². The third-order valence-electron chi connectivity index (χ3n) is 3.08. The zero-order valence-corrected chi connectivity index (χ0v) is 12.2. The molecule has 1 fully saturated rings. The van der Waals surface area contributed by atoms with Crippen molar-refractivity contribution in [3.8, 4) is 0 Å². The summed E-state index contributed by atoms with van der Waals surface area (Å²) < 4.78 is 0.977. The van der Waals surface area contributed by atoms with E-state index in [1.165, 1.54) is 12.8 Å². The number of hydrogen-bond donors (Lipinski definition) is 2. The van der Waals surface area contributed by atoms with Crippen LogP contribution in [-0.2, 0) is 0 Å². The van der Waals surface area contributed by atoms with E-state index < -0.39 is 0 Å². The normalized spacial score (nSPS) is 14.6. The van der Waals surface area contributed by atoms with Crippen LogP contribution in [0.25, 0.3) is 0 Å². The number of aryl methyl sites for hydroxylation is 1. The molecule has 18 heavy (non-hydrogen) atoms. The average Bonchev–Trinajstić information content (AvgIpc) is 3.16. The third-order valence-corrected chi connectivity index (χ3v) is 3.94. The summed E-state index contributed by atoms with van der Waals surface area (Å²) in [6, 6.07) is 6.42. The predicted molar refractivity (Wildman–Crippen MR) is 76.9 cm³/mol. The molecule has 0 spiro atoms. The maximum atomic E-state index is 11.9. The Kier molecular flexibility index (Phi) is 4.78. The van der Waals surface area contributed by atoms with Crippen molar-refractivity contribution in [3.05, 3.63) is 33.8 Å². The summed E-state index contributed by atoms with van der Waals surface area (Å²) in [7, 11) is 0. The van der Waals surface area contributed by atoms with E-state index in [1.54, 1.807) is 0 Å². The molecule has 1 amide bonds. The Bertz CT molecular complexity index is 430. The lowest BCUT2D eigenvalue weighted by molar-refractivity contribution is 0.0953. The molecule has 3 nitrogen and oxygen atoms in total. The molecule has 1 aromatic rings. The van der Waals surface area contributed by atoms with E-state index in [2.05, 4.69) is 26.6 Å². The minimum atomic E-state index is 0.00196. The number of carbonyl (C=O) groups excluding carboxylic acids is 1. The number of rotatable bonds is 6. The maximum Gasteiger partial charge on any atom is 0.251 e. The molecule has 0 atom stereocenters. The molecular weight excluding hydrogens is 292 g/mol. The molecule has 0 aliphatic heterocycles. The lowest BCUT2D eigenvalue weighted by Gasteiger charge is -2.07. The van der Waals surface area contributed by atoms with Gasteiger partial charge in [-0.05, 0) is 50.4 Å². The summed E-state index contributed by atoms with van der Waals surface area (Å²) in [6.07, 6.45) is 3.60. The smallest absolute Gasteiger partial charge is 0.251 e. The molecule has 0 radical (unpaired) electrons. The molecule has 0 saturated heterocycles. The molecule has 1 aromatic carbocycles. The topological polar surface area (TPSA) is 41.1 Å². The highest BCUT2D eigenvalue weighted by atomic mass is 79.9. The third kappa shape index (κ3) is 4.10. The van der Waals surface area contributed by atoms with E-state index in [0.717, 1.165) is 35.6 Å². The maximum absolute atomic E-state index is 11.9. The molecule has 0 heterocycles. The standard InChI is InChI=1S/C14H19BrN2O/c1-10-3-4-11(9-13(10)15)14(18)17-8-2-7-16-12-5-6-12/h3-4,9,12,16H,2,5-8H2,1H3,(H,17,18). The van der Waals surface area contributed by atoms with Gasteiger partial charge in [0.15, 0.2) is 0 Å². The predicted octanol–water partition coefficient (Wildman–Crippen LogP) is 2.63. The van der Waals surface area contributed by atoms with Gasteiger partial charge in [0.2, 0.25) is 0 Å². The Hall–Kier alpha value is -0.870. The van der Waals surface area contributed by atoms with Gasteiger partial charge in [-0.2, -0.15) is 0 Å². The SMILES string of the molecule is Cc1ccc(C(=O)NCCCNC2CC2)cc1Br. The van der Waals surface area contributed by atoms with Crippen LogP contribution in [0.3, 0.4) is 0 Å². The van der Waals surface area contributed by atoms with Gasteiger partial charge in [-0.3, -0.25) is 4.79 Å². The van der Waals surface area contributed by atoms with Gasteiger partial charge >= 0.3 is 0 Å². The van der Waals surface area contributed by atoms with Gasteiger partial charge in [0.05, 0.1) is 0 Å². The Labute approximate surface area is 116 Å². The van der Waals surface area contributed by atoms with Crippen molar-refractivity contribution in [1.29, 1.82) is 0 Å². The van der Waals surface area contributed by atoms with Gasteiger partial charge in [-0.15, -0.1) is 0 Å². The van der Waals surface area contributed by atoms with Crippen LogP contribution in [-0.4, -0.2) is 25.0 Å². The summed E-state index contributed by atoms with van der Waals surface area (Å²) in [5.74, 6) is 0.00196. The molecular formula is C14H19BrN2O. The Balaban J connectivity index is 1.70. The van der Waals surface area contributed by atoms with Crippen molar-refractivity contribution in [1.82, 2.24) is 10.6 Å². The fraction of sp³-hybridized carbons (Fsp3) is 0.500. The first-order chi connectivity index (χ1) is 8.66. The number of hydrogen-bond acceptors (Lipinski definition) is 2. The molecule has 0 bridgehead atoms. The van der Waals surface area contributed by atoms with Crippen molar-refractivity contribution < 1.29 is 4.79 Å². The summed E-state index contributed by atoms with van der Waals surface area (Å²) >= 11 is 3.44. The lowest BCUT2D eigenvalue weighted by Crippen LogP contribution is -2.27. The van der Waals surface area contributed by atoms with Crippen LogP contribution in [0.15, 0.2) is 22.7 Å². The molecule has 2 N–H and O–H groups in total. The fourth-order valence-corrected chi connectivity index (χ4v) is 2.10. The second kappa shape index (κ2) is 6.34. The minimum absolute atomic E-state index is 0.00196. The second-order valence-corrected chi connectivity index (χ2v) is 5.66. The average molecular weight is 311 g/mol. The van der Waals surface area contributed by atoms with Crippen LogP contribution in [0.1, 0.15) is 35.2 Å². The Morgan fingerprint density at radius 2 is 2.17 bits per heavy atom.